The van der Waals surface area contributed by atoms with E-state index in [1.807, 2.05) is 39.3 Å². The van der Waals surface area contributed by atoms with Gasteiger partial charge in [-0.05, 0) is 51.3 Å². The summed E-state index contributed by atoms with van der Waals surface area (Å²) in [5.74, 6) is -1.95. The van der Waals surface area contributed by atoms with Gasteiger partial charge in [-0.15, -0.1) is 11.3 Å². The van der Waals surface area contributed by atoms with Gasteiger partial charge < -0.3 is 19.8 Å². The monoisotopic (exact) mass is 654 g/mol. The lowest BCUT2D eigenvalue weighted by molar-refractivity contribution is -0.154. The van der Waals surface area contributed by atoms with Crippen LogP contribution >= 0.6 is 11.3 Å². The molecule has 4 rings (SSSR count). The molecule has 0 spiro atoms. The lowest BCUT2D eigenvalue weighted by Gasteiger charge is -2.34. The van der Waals surface area contributed by atoms with Gasteiger partial charge in [-0.2, -0.15) is 17.0 Å². The van der Waals surface area contributed by atoms with E-state index in [-0.39, 0.29) is 30.2 Å². The number of aliphatic hydroxyl groups is 2. The number of esters is 1. The maximum absolute atomic E-state index is 13.9. The maximum Gasteiger partial charge on any atom is 0.309 e. The molecule has 0 aromatic carbocycles. The molecule has 0 saturated carbocycles. The normalized spacial score (nSPS) is 35.6. The number of thiazole rings is 1. The van der Waals surface area contributed by atoms with Gasteiger partial charge in [0.05, 0.1) is 34.7 Å². The molecule has 11 nitrogen and oxygen atoms in total. The Kier molecular flexibility index (Phi) is 11.1. The van der Waals surface area contributed by atoms with Crippen LogP contribution in [0.5, 0.6) is 0 Å². The molecule has 248 valence electrons. The Hall–Kier alpha value is -1.74. The standard InChI is InChI=1S/C31H50N4O7S2/c1-19-9-8-10-24-25(35(24)44(40,41)34-13-11-33(7)12-14-34)16-26(20(2)15-23-18-43-22(4)32-23)42-28(37)17-27(36)31(5,6)30(39)21(3)29(19)38/h15,18-19,21,24-27,29,36,38H,8-14,16-17H2,1-7H3/b20-15+/t19-,21+,24+,25?,26?,27-,29-,35?/m0/s1. The first-order valence-corrected chi connectivity index (χ1v) is 18.0. The van der Waals surface area contributed by atoms with Crippen LogP contribution < -0.4 is 0 Å². The van der Waals surface area contributed by atoms with Crippen molar-refractivity contribution in [2.45, 2.75) is 104 Å². The molecule has 0 radical (unpaired) electrons. The number of likely N-dealkylation sites (N-methyl/N-ethyl adjacent to an activating group) is 1. The van der Waals surface area contributed by atoms with Crippen molar-refractivity contribution >= 4 is 39.4 Å². The fraction of sp³-hybridized carbons (Fsp3) is 0.774. The topological polar surface area (TPSA) is 140 Å². The third kappa shape index (κ3) is 7.79. The molecule has 3 saturated heterocycles. The van der Waals surface area contributed by atoms with Crippen molar-refractivity contribution < 1.29 is 33.0 Å². The molecule has 3 aliphatic rings. The van der Waals surface area contributed by atoms with Crippen molar-refractivity contribution in [2.75, 3.05) is 33.2 Å². The number of hydrogen-bond acceptors (Lipinski definition) is 10. The highest BCUT2D eigenvalue weighted by atomic mass is 32.2. The van der Waals surface area contributed by atoms with E-state index in [1.165, 1.54) is 11.3 Å². The SMILES string of the molecule is C/C(=C\c1csc(C)n1)C1CC2[C@@H](CCC[C@H](C)[C@H](O)[C@@H](C)C(=O)C(C)(C)[C@@H](O)CC(=O)O1)N2S(=O)(=O)N1CCN(C)CC1. The number of hydrogen-bond donors (Lipinski definition) is 2. The smallest absolute Gasteiger partial charge is 0.309 e. The van der Waals surface area contributed by atoms with Crippen molar-refractivity contribution in [3.8, 4) is 0 Å². The quantitative estimate of drug-likeness (QED) is 0.371. The van der Waals surface area contributed by atoms with Gasteiger partial charge in [-0.3, -0.25) is 9.59 Å². The number of carbonyl (C=O) groups excluding carboxylic acids is 2. The molecule has 3 unspecified atom stereocenters. The molecule has 44 heavy (non-hydrogen) atoms. The molecule has 3 aliphatic heterocycles. The Bertz CT molecular complexity index is 1320. The van der Waals surface area contributed by atoms with Gasteiger partial charge >= 0.3 is 5.97 Å². The number of ether oxygens (including phenoxy) is 1. The first-order valence-electron chi connectivity index (χ1n) is 15.7. The van der Waals surface area contributed by atoms with Crippen molar-refractivity contribution in [3.63, 3.8) is 0 Å². The highest BCUT2D eigenvalue weighted by Gasteiger charge is 2.57. The highest BCUT2D eigenvalue weighted by Crippen LogP contribution is 2.42. The van der Waals surface area contributed by atoms with E-state index in [0.717, 1.165) is 16.3 Å². The van der Waals surface area contributed by atoms with Gasteiger partial charge in [-0.1, -0.05) is 34.1 Å². The zero-order chi connectivity index (χ0) is 32.6. The lowest BCUT2D eigenvalue weighted by atomic mass is 9.73. The minimum Gasteiger partial charge on any atom is -0.458 e. The Morgan fingerprint density at radius 2 is 1.77 bits per heavy atom. The molecule has 1 aromatic heterocycles. The van der Waals surface area contributed by atoms with Crippen LogP contribution in [0.3, 0.4) is 0 Å². The molecular formula is C31H50N4O7S2. The Labute approximate surface area is 266 Å². The third-order valence-corrected chi connectivity index (χ3v) is 12.7. The number of piperazine rings is 1. The summed E-state index contributed by atoms with van der Waals surface area (Å²) in [6.07, 6.45) is 0.586. The minimum atomic E-state index is -3.74. The van der Waals surface area contributed by atoms with Gasteiger partial charge in [0.1, 0.15) is 11.9 Å². The van der Waals surface area contributed by atoms with Crippen molar-refractivity contribution in [1.82, 2.24) is 18.5 Å². The summed E-state index contributed by atoms with van der Waals surface area (Å²) in [6, 6.07) is -0.635. The predicted molar refractivity (Wildman–Crippen MR) is 170 cm³/mol. The number of carbonyl (C=O) groups is 2. The zero-order valence-electron chi connectivity index (χ0n) is 27.1. The Balaban J connectivity index is 1.66. The van der Waals surface area contributed by atoms with E-state index in [9.17, 15) is 28.2 Å². The molecule has 3 fully saturated rings. The van der Waals surface area contributed by atoms with Crippen LogP contribution in [-0.2, 0) is 24.5 Å². The van der Waals surface area contributed by atoms with Crippen molar-refractivity contribution in [3.05, 3.63) is 21.7 Å². The van der Waals surface area contributed by atoms with Gasteiger partial charge in [0.2, 0.25) is 0 Å². The number of fused-ring (bicyclic) bond motifs is 1. The number of aliphatic hydroxyl groups excluding tert-OH is 2. The van der Waals surface area contributed by atoms with Crippen LogP contribution in [-0.4, -0.2) is 113 Å². The molecule has 0 bridgehead atoms. The molecular weight excluding hydrogens is 604 g/mol. The Morgan fingerprint density at radius 3 is 2.39 bits per heavy atom. The third-order valence-electron chi connectivity index (χ3n) is 9.81. The number of aryl methyl sites for hydroxylation is 1. The van der Waals surface area contributed by atoms with Gasteiger partial charge in [-0.25, -0.2) is 4.98 Å². The second kappa shape index (κ2) is 13.9. The second-order valence-corrected chi connectivity index (χ2v) is 16.5. The van der Waals surface area contributed by atoms with E-state index in [2.05, 4.69) is 9.88 Å². The number of aromatic nitrogens is 1. The number of cyclic esters (lactones) is 1. The summed E-state index contributed by atoms with van der Waals surface area (Å²) in [5, 5.41) is 24.9. The number of ketones is 1. The molecule has 13 heteroatoms. The predicted octanol–water partition coefficient (Wildman–Crippen LogP) is 2.87. The van der Waals surface area contributed by atoms with E-state index in [1.54, 1.807) is 29.4 Å². The average Bonchev–Trinajstić information content (AvgIpc) is 3.50. The highest BCUT2D eigenvalue weighted by molar-refractivity contribution is 7.87. The van der Waals surface area contributed by atoms with Crippen LogP contribution in [0.1, 0.15) is 77.4 Å². The second-order valence-electron chi connectivity index (χ2n) is 13.6. The summed E-state index contributed by atoms with van der Waals surface area (Å²) < 4.78 is 36.9. The number of rotatable bonds is 4. The van der Waals surface area contributed by atoms with E-state index in [0.29, 0.717) is 45.4 Å². The minimum absolute atomic E-state index is 0.209. The molecule has 0 aliphatic carbocycles. The molecule has 0 amide bonds. The average molecular weight is 655 g/mol. The summed E-state index contributed by atoms with van der Waals surface area (Å²) >= 11 is 1.51. The zero-order valence-corrected chi connectivity index (χ0v) is 28.7. The fourth-order valence-electron chi connectivity index (χ4n) is 6.54. The summed E-state index contributed by atoms with van der Waals surface area (Å²) in [6.45, 7) is 12.6. The number of Topliss-reactive ketones (excluding diaryl/α,β-unsaturated/α-hetero) is 1. The molecule has 1 aromatic rings. The fourth-order valence-corrected chi connectivity index (χ4v) is 9.11. The van der Waals surface area contributed by atoms with E-state index >= 15 is 0 Å². The van der Waals surface area contributed by atoms with Crippen LogP contribution in [0.15, 0.2) is 11.0 Å². The van der Waals surface area contributed by atoms with Crippen molar-refractivity contribution in [2.24, 2.45) is 17.3 Å². The summed E-state index contributed by atoms with van der Waals surface area (Å²) in [7, 11) is -1.77. The van der Waals surface area contributed by atoms with Gasteiger partial charge in [0.15, 0.2) is 0 Å². The number of nitrogens with zero attached hydrogens (tertiary/aromatic N) is 4. The summed E-state index contributed by atoms with van der Waals surface area (Å²) in [4.78, 5) is 33.3. The Morgan fingerprint density at radius 1 is 1.11 bits per heavy atom. The molecule has 8 atom stereocenters. The van der Waals surface area contributed by atoms with Crippen LogP contribution in [0.2, 0.25) is 0 Å². The van der Waals surface area contributed by atoms with Crippen LogP contribution in [0.25, 0.3) is 6.08 Å². The summed E-state index contributed by atoms with van der Waals surface area (Å²) in [5.41, 5.74) is 0.169. The van der Waals surface area contributed by atoms with Crippen LogP contribution in [0.4, 0.5) is 0 Å². The molecule has 4 heterocycles. The van der Waals surface area contributed by atoms with Crippen LogP contribution in [0, 0.1) is 24.2 Å². The molecule has 2 N–H and O–H groups in total. The van der Waals surface area contributed by atoms with Crippen molar-refractivity contribution in [1.29, 1.82) is 0 Å². The first-order chi connectivity index (χ1) is 20.5. The first kappa shape index (κ1) is 35.1. The van der Waals surface area contributed by atoms with Gasteiger partial charge in [0.25, 0.3) is 10.2 Å². The lowest BCUT2D eigenvalue weighted by Crippen LogP contribution is -2.49. The largest absolute Gasteiger partial charge is 0.458 e. The maximum atomic E-state index is 13.9. The van der Waals surface area contributed by atoms with E-state index < -0.39 is 52.2 Å². The van der Waals surface area contributed by atoms with Gasteiger partial charge in [0, 0.05) is 56.0 Å². The van der Waals surface area contributed by atoms with E-state index in [4.69, 9.17) is 4.74 Å².